The highest BCUT2D eigenvalue weighted by molar-refractivity contribution is 7.97. The molecule has 2 N–H and O–H groups in total. The lowest BCUT2D eigenvalue weighted by atomic mass is 10.4. The predicted octanol–water partition coefficient (Wildman–Crippen LogP) is 0.579. The van der Waals surface area contributed by atoms with E-state index in [9.17, 15) is 4.39 Å². The summed E-state index contributed by atoms with van der Waals surface area (Å²) >= 11 is 1.06. The molecule has 2 rings (SSSR count). The highest BCUT2D eigenvalue weighted by Crippen LogP contribution is 2.28. The number of fused-ring (bicyclic) bond motifs is 1. The molecule has 0 saturated heterocycles. The molecule has 0 aliphatic carbocycles. The van der Waals surface area contributed by atoms with E-state index in [-0.39, 0.29) is 13.2 Å². The molecule has 4 nitrogen and oxygen atoms in total. The summed E-state index contributed by atoms with van der Waals surface area (Å²) in [4.78, 5) is 0.752. The third kappa shape index (κ3) is 1.16. The van der Waals surface area contributed by atoms with Crippen molar-refractivity contribution in [1.29, 1.82) is 0 Å². The summed E-state index contributed by atoms with van der Waals surface area (Å²) in [5.74, 6) is 0.580. The highest BCUT2D eigenvalue weighted by atomic mass is 32.2. The molecule has 1 atom stereocenters. The summed E-state index contributed by atoms with van der Waals surface area (Å²) in [6, 6.07) is 0. The molecule has 0 bridgehead atoms. The number of alkyl halides is 1. The van der Waals surface area contributed by atoms with Crippen LogP contribution in [0.3, 0.4) is 0 Å². The molecule has 0 aromatic carbocycles. The van der Waals surface area contributed by atoms with E-state index < -0.39 is 6.17 Å². The number of ether oxygens (including phenoxy) is 1. The van der Waals surface area contributed by atoms with Crippen molar-refractivity contribution in [1.82, 2.24) is 9.78 Å². The first-order valence-corrected chi connectivity index (χ1v) is 4.38. The maximum atomic E-state index is 12.8. The molecule has 2 heterocycles. The smallest absolute Gasteiger partial charge is 0.227 e. The molecule has 0 spiro atoms. The fraction of sp³-hybridized carbons (Fsp3) is 0.500. The van der Waals surface area contributed by atoms with E-state index in [1.807, 2.05) is 0 Å². The minimum Gasteiger partial charge on any atom is -0.474 e. The zero-order valence-electron chi connectivity index (χ0n) is 6.24. The second kappa shape index (κ2) is 2.95. The summed E-state index contributed by atoms with van der Waals surface area (Å²) in [5, 5.41) is 9.27. The summed E-state index contributed by atoms with van der Waals surface area (Å²) in [5.41, 5.74) is 0. The molecule has 6 heteroatoms. The second-order valence-corrected chi connectivity index (χ2v) is 3.20. The van der Waals surface area contributed by atoms with E-state index in [0.717, 1.165) is 16.8 Å². The number of aromatic nitrogens is 2. The van der Waals surface area contributed by atoms with E-state index in [2.05, 4.69) is 5.10 Å². The monoisotopic (exact) mass is 189 g/mol. The number of nitrogens with zero attached hydrogens (tertiary/aromatic N) is 2. The molecule has 1 unspecified atom stereocenters. The molecule has 1 aliphatic heterocycles. The van der Waals surface area contributed by atoms with Crippen LogP contribution in [0.2, 0.25) is 0 Å². The van der Waals surface area contributed by atoms with E-state index in [1.54, 1.807) is 6.20 Å². The molecule has 1 aromatic rings. The van der Waals surface area contributed by atoms with Crippen LogP contribution < -0.4 is 9.88 Å². The molecule has 0 amide bonds. The minimum absolute atomic E-state index is 0.0965. The van der Waals surface area contributed by atoms with Crippen LogP contribution in [-0.4, -0.2) is 22.6 Å². The zero-order valence-corrected chi connectivity index (χ0v) is 7.05. The molecular weight excluding hydrogens is 181 g/mol. The van der Waals surface area contributed by atoms with Gasteiger partial charge in [-0.2, -0.15) is 5.10 Å². The van der Waals surface area contributed by atoms with Crippen molar-refractivity contribution in [3.8, 4) is 5.88 Å². The Kier molecular flexibility index (Phi) is 1.93. The highest BCUT2D eigenvalue weighted by Gasteiger charge is 2.22. The molecule has 1 aliphatic rings. The summed E-state index contributed by atoms with van der Waals surface area (Å²) in [6.07, 6.45) is 0.617. The summed E-state index contributed by atoms with van der Waals surface area (Å²) < 4.78 is 19.4. The van der Waals surface area contributed by atoms with Gasteiger partial charge < -0.3 is 4.74 Å². The molecule has 1 aromatic heterocycles. The first kappa shape index (κ1) is 7.88. The van der Waals surface area contributed by atoms with Gasteiger partial charge in [0.2, 0.25) is 5.88 Å². The lowest BCUT2D eigenvalue weighted by Gasteiger charge is -2.18. The Hall–Kier alpha value is -0.750. The van der Waals surface area contributed by atoms with Crippen LogP contribution in [0.5, 0.6) is 5.88 Å². The van der Waals surface area contributed by atoms with Crippen molar-refractivity contribution >= 4 is 11.9 Å². The third-order valence-electron chi connectivity index (χ3n) is 1.66. The number of rotatable bonds is 1. The first-order valence-electron chi connectivity index (χ1n) is 3.50. The van der Waals surface area contributed by atoms with Gasteiger partial charge >= 0.3 is 0 Å². The van der Waals surface area contributed by atoms with E-state index in [4.69, 9.17) is 9.88 Å². The molecule has 0 fully saturated rings. The molecule has 12 heavy (non-hydrogen) atoms. The number of halogens is 1. The van der Waals surface area contributed by atoms with E-state index >= 15 is 0 Å². The van der Waals surface area contributed by atoms with Crippen LogP contribution >= 0.6 is 11.9 Å². The Morgan fingerprint density at radius 3 is 3.42 bits per heavy atom. The SMILES string of the molecule is NSc1cnn2c1OCC(F)C2. The van der Waals surface area contributed by atoms with Gasteiger partial charge in [-0.1, -0.05) is 0 Å². The normalized spacial score (nSPS) is 21.7. The van der Waals surface area contributed by atoms with Crippen LogP contribution in [0.4, 0.5) is 4.39 Å². The van der Waals surface area contributed by atoms with Crippen molar-refractivity contribution in [2.75, 3.05) is 6.61 Å². The van der Waals surface area contributed by atoms with Gasteiger partial charge in [0.1, 0.15) is 11.5 Å². The Morgan fingerprint density at radius 2 is 2.67 bits per heavy atom. The lowest BCUT2D eigenvalue weighted by molar-refractivity contribution is 0.122. The average Bonchev–Trinajstić information content (AvgIpc) is 2.46. The van der Waals surface area contributed by atoms with Crippen LogP contribution in [0.15, 0.2) is 11.1 Å². The quantitative estimate of drug-likeness (QED) is 0.656. The van der Waals surface area contributed by atoms with Crippen LogP contribution in [0, 0.1) is 0 Å². The van der Waals surface area contributed by atoms with Gasteiger partial charge in [-0.25, -0.2) is 9.07 Å². The van der Waals surface area contributed by atoms with Crippen LogP contribution in [0.25, 0.3) is 0 Å². The molecule has 66 valence electrons. The number of hydrogen-bond donors (Lipinski definition) is 1. The largest absolute Gasteiger partial charge is 0.474 e. The van der Waals surface area contributed by atoms with Crippen molar-refractivity contribution in [2.24, 2.45) is 5.14 Å². The predicted molar refractivity (Wildman–Crippen MR) is 42.7 cm³/mol. The molecule has 0 saturated carbocycles. The van der Waals surface area contributed by atoms with Crippen LogP contribution in [0.1, 0.15) is 0 Å². The van der Waals surface area contributed by atoms with Crippen molar-refractivity contribution in [2.45, 2.75) is 17.6 Å². The number of nitrogens with two attached hydrogens (primary N) is 1. The maximum Gasteiger partial charge on any atom is 0.227 e. The zero-order chi connectivity index (χ0) is 8.55. The van der Waals surface area contributed by atoms with Gasteiger partial charge in [-0.3, -0.25) is 5.14 Å². The summed E-state index contributed by atoms with van der Waals surface area (Å²) in [7, 11) is 0. The summed E-state index contributed by atoms with van der Waals surface area (Å²) in [6.45, 7) is 0.356. The van der Waals surface area contributed by atoms with E-state index in [1.165, 1.54) is 4.68 Å². The van der Waals surface area contributed by atoms with Gasteiger partial charge in [-0.05, 0) is 11.9 Å². The lowest BCUT2D eigenvalue weighted by Crippen LogP contribution is -2.26. The third-order valence-corrected chi connectivity index (χ3v) is 2.19. The van der Waals surface area contributed by atoms with Gasteiger partial charge in [0.05, 0.1) is 12.7 Å². The van der Waals surface area contributed by atoms with Gasteiger partial charge in [-0.15, -0.1) is 0 Å². The average molecular weight is 189 g/mol. The fourth-order valence-corrected chi connectivity index (χ4v) is 1.50. The Bertz CT molecular complexity index is 290. The van der Waals surface area contributed by atoms with Gasteiger partial charge in [0.15, 0.2) is 6.17 Å². The van der Waals surface area contributed by atoms with E-state index in [0.29, 0.717) is 5.88 Å². The molecular formula is C6H8FN3OS. The van der Waals surface area contributed by atoms with Crippen molar-refractivity contribution < 1.29 is 9.13 Å². The van der Waals surface area contributed by atoms with Gasteiger partial charge in [0.25, 0.3) is 0 Å². The van der Waals surface area contributed by atoms with Crippen molar-refractivity contribution in [3.63, 3.8) is 0 Å². The Morgan fingerprint density at radius 1 is 1.83 bits per heavy atom. The van der Waals surface area contributed by atoms with Crippen molar-refractivity contribution in [3.05, 3.63) is 6.20 Å². The minimum atomic E-state index is -0.965. The maximum absolute atomic E-state index is 12.8. The van der Waals surface area contributed by atoms with Gasteiger partial charge in [0, 0.05) is 0 Å². The number of hydrogen-bond acceptors (Lipinski definition) is 4. The fourth-order valence-electron chi connectivity index (χ4n) is 1.12. The standard InChI is InChI=1S/C6H8FN3OS/c7-4-2-10-6(11-3-4)5(12-8)1-9-10/h1,4H,2-3,8H2. The first-order chi connectivity index (χ1) is 5.81. The Labute approximate surface area is 73.0 Å². The Balaban J connectivity index is 2.32. The molecule has 0 radical (unpaired) electrons. The second-order valence-electron chi connectivity index (χ2n) is 2.52. The topological polar surface area (TPSA) is 53.1 Å². The van der Waals surface area contributed by atoms with Crippen LogP contribution in [-0.2, 0) is 6.54 Å².